The Balaban J connectivity index is 1.68. The number of carbonyl (C=O) groups excluding carboxylic acids is 2. The highest BCUT2D eigenvalue weighted by Gasteiger charge is 2.18. The van der Waals surface area contributed by atoms with Gasteiger partial charge in [0.15, 0.2) is 6.61 Å². The standard InChI is InChI=1S/C15H19ClN2O3/c16-12-6-7-13(17-9-12)18-14(19)10-21-15(20)8-11-4-2-1-3-5-11/h6-7,9,11H,1-5,8,10H2,(H,17,18,19). The van der Waals surface area contributed by atoms with Crippen molar-refractivity contribution in [1.82, 2.24) is 4.98 Å². The molecule has 0 unspecified atom stereocenters. The first-order chi connectivity index (χ1) is 10.1. The van der Waals surface area contributed by atoms with Gasteiger partial charge in [0.05, 0.1) is 5.02 Å². The Morgan fingerprint density at radius 3 is 2.71 bits per heavy atom. The predicted octanol–water partition coefficient (Wildman–Crippen LogP) is 3.19. The monoisotopic (exact) mass is 310 g/mol. The normalized spacial score (nSPS) is 15.5. The molecular formula is C15H19ClN2O3. The summed E-state index contributed by atoms with van der Waals surface area (Å²) in [5, 5.41) is 3.03. The number of hydrogen-bond acceptors (Lipinski definition) is 4. The Morgan fingerprint density at radius 1 is 1.29 bits per heavy atom. The van der Waals surface area contributed by atoms with Crippen LogP contribution in [0.25, 0.3) is 0 Å². The number of hydrogen-bond donors (Lipinski definition) is 1. The van der Waals surface area contributed by atoms with Crippen molar-refractivity contribution in [3.63, 3.8) is 0 Å². The van der Waals surface area contributed by atoms with E-state index >= 15 is 0 Å². The lowest BCUT2D eigenvalue weighted by Gasteiger charge is -2.20. The van der Waals surface area contributed by atoms with Gasteiger partial charge in [-0.25, -0.2) is 4.98 Å². The van der Waals surface area contributed by atoms with Gasteiger partial charge in [0.1, 0.15) is 5.82 Å². The van der Waals surface area contributed by atoms with E-state index in [1.807, 2.05) is 0 Å². The van der Waals surface area contributed by atoms with Crippen molar-refractivity contribution in [3.05, 3.63) is 23.4 Å². The van der Waals surface area contributed by atoms with Crippen LogP contribution in [-0.4, -0.2) is 23.5 Å². The van der Waals surface area contributed by atoms with Crippen LogP contribution in [0.1, 0.15) is 38.5 Å². The van der Waals surface area contributed by atoms with E-state index in [-0.39, 0.29) is 12.6 Å². The van der Waals surface area contributed by atoms with Gasteiger partial charge in [-0.3, -0.25) is 9.59 Å². The third kappa shape index (κ3) is 5.71. The first-order valence-electron chi connectivity index (χ1n) is 7.20. The molecule has 6 heteroatoms. The van der Waals surface area contributed by atoms with Crippen molar-refractivity contribution >= 4 is 29.3 Å². The molecule has 114 valence electrons. The SMILES string of the molecule is O=C(COC(=O)CC1CCCCC1)Nc1ccc(Cl)cn1. The van der Waals surface area contributed by atoms with Crippen LogP contribution in [0.15, 0.2) is 18.3 Å². The molecule has 0 spiro atoms. The van der Waals surface area contributed by atoms with Crippen molar-refractivity contribution in [2.24, 2.45) is 5.92 Å². The molecule has 0 aromatic carbocycles. The van der Waals surface area contributed by atoms with Gasteiger partial charge in [-0.05, 0) is 30.9 Å². The van der Waals surface area contributed by atoms with Gasteiger partial charge >= 0.3 is 5.97 Å². The van der Waals surface area contributed by atoms with Gasteiger partial charge in [0, 0.05) is 12.6 Å². The molecule has 1 N–H and O–H groups in total. The number of amides is 1. The topological polar surface area (TPSA) is 68.3 Å². The van der Waals surface area contributed by atoms with Crippen molar-refractivity contribution in [2.75, 3.05) is 11.9 Å². The van der Waals surface area contributed by atoms with Crippen LogP contribution in [0.5, 0.6) is 0 Å². The summed E-state index contributed by atoms with van der Waals surface area (Å²) in [5.74, 6) is 0.0860. The third-order valence-corrected chi connectivity index (χ3v) is 3.76. The summed E-state index contributed by atoms with van der Waals surface area (Å²) in [5.41, 5.74) is 0. The molecule has 0 aliphatic heterocycles. The highest BCUT2D eigenvalue weighted by atomic mass is 35.5. The molecule has 5 nitrogen and oxygen atoms in total. The number of esters is 1. The minimum atomic E-state index is -0.401. The Morgan fingerprint density at radius 2 is 2.05 bits per heavy atom. The molecule has 1 amide bonds. The molecule has 2 rings (SSSR count). The van der Waals surface area contributed by atoms with Crippen molar-refractivity contribution in [1.29, 1.82) is 0 Å². The van der Waals surface area contributed by atoms with Crippen LogP contribution < -0.4 is 5.32 Å². The minimum absolute atomic E-state index is 0.282. The fraction of sp³-hybridized carbons (Fsp3) is 0.533. The number of carbonyl (C=O) groups is 2. The average molecular weight is 311 g/mol. The number of ether oxygens (including phenoxy) is 1. The zero-order valence-electron chi connectivity index (χ0n) is 11.8. The number of nitrogens with one attached hydrogen (secondary N) is 1. The molecule has 1 aromatic heterocycles. The second-order valence-corrected chi connectivity index (χ2v) is 5.72. The zero-order valence-corrected chi connectivity index (χ0v) is 12.6. The molecule has 21 heavy (non-hydrogen) atoms. The molecule has 0 bridgehead atoms. The molecule has 1 fully saturated rings. The summed E-state index contributed by atoms with van der Waals surface area (Å²) >= 11 is 5.70. The van der Waals surface area contributed by atoms with E-state index in [2.05, 4.69) is 10.3 Å². The van der Waals surface area contributed by atoms with Crippen LogP contribution in [0.2, 0.25) is 5.02 Å². The molecular weight excluding hydrogens is 292 g/mol. The molecule has 1 aliphatic rings. The van der Waals surface area contributed by atoms with Crippen LogP contribution >= 0.6 is 11.6 Å². The summed E-state index contributed by atoms with van der Waals surface area (Å²) in [4.78, 5) is 27.2. The second-order valence-electron chi connectivity index (χ2n) is 5.28. The number of rotatable bonds is 5. The molecule has 0 atom stereocenters. The number of anilines is 1. The van der Waals surface area contributed by atoms with Gasteiger partial charge in [0.2, 0.25) is 0 Å². The van der Waals surface area contributed by atoms with Crippen molar-refractivity contribution in [3.8, 4) is 0 Å². The van der Waals surface area contributed by atoms with Crippen LogP contribution in [0, 0.1) is 5.92 Å². The van der Waals surface area contributed by atoms with Crippen molar-refractivity contribution < 1.29 is 14.3 Å². The fourth-order valence-electron chi connectivity index (χ4n) is 2.46. The largest absolute Gasteiger partial charge is 0.456 e. The molecule has 1 aliphatic carbocycles. The quantitative estimate of drug-likeness (QED) is 0.848. The maximum atomic E-state index is 11.7. The Hall–Kier alpha value is -1.62. The van der Waals surface area contributed by atoms with E-state index in [0.29, 0.717) is 23.2 Å². The number of pyridine rings is 1. The van der Waals surface area contributed by atoms with Gasteiger partial charge in [-0.15, -0.1) is 0 Å². The number of aromatic nitrogens is 1. The number of nitrogens with zero attached hydrogens (tertiary/aromatic N) is 1. The minimum Gasteiger partial charge on any atom is -0.456 e. The summed E-state index contributed by atoms with van der Waals surface area (Å²) in [6, 6.07) is 3.21. The van der Waals surface area contributed by atoms with Gasteiger partial charge in [-0.2, -0.15) is 0 Å². The average Bonchev–Trinajstić information content (AvgIpc) is 2.49. The van der Waals surface area contributed by atoms with Gasteiger partial charge in [0.25, 0.3) is 5.91 Å². The molecule has 1 heterocycles. The van der Waals surface area contributed by atoms with E-state index in [9.17, 15) is 9.59 Å². The van der Waals surface area contributed by atoms with Crippen LogP contribution in [-0.2, 0) is 14.3 Å². The molecule has 0 saturated heterocycles. The highest BCUT2D eigenvalue weighted by molar-refractivity contribution is 6.30. The van der Waals surface area contributed by atoms with E-state index in [0.717, 1.165) is 12.8 Å². The molecule has 0 radical (unpaired) electrons. The summed E-state index contributed by atoms with van der Waals surface area (Å²) < 4.78 is 5.00. The summed E-state index contributed by atoms with van der Waals surface area (Å²) in [7, 11) is 0. The van der Waals surface area contributed by atoms with E-state index in [1.165, 1.54) is 25.5 Å². The lowest BCUT2D eigenvalue weighted by molar-refractivity contribution is -0.148. The smallest absolute Gasteiger partial charge is 0.306 e. The highest BCUT2D eigenvalue weighted by Crippen LogP contribution is 2.26. The van der Waals surface area contributed by atoms with Crippen LogP contribution in [0.3, 0.4) is 0 Å². The van der Waals surface area contributed by atoms with Gasteiger partial charge < -0.3 is 10.1 Å². The summed E-state index contributed by atoms with van der Waals surface area (Å²) in [6.45, 7) is -0.282. The number of halogens is 1. The van der Waals surface area contributed by atoms with E-state index < -0.39 is 5.91 Å². The maximum absolute atomic E-state index is 11.7. The Kier molecular flexibility index (Phi) is 5.99. The van der Waals surface area contributed by atoms with E-state index in [1.54, 1.807) is 12.1 Å². The Labute approximate surface area is 129 Å². The van der Waals surface area contributed by atoms with Gasteiger partial charge in [-0.1, -0.05) is 30.9 Å². The lowest BCUT2D eigenvalue weighted by atomic mass is 9.87. The van der Waals surface area contributed by atoms with Crippen molar-refractivity contribution in [2.45, 2.75) is 38.5 Å². The Bertz CT molecular complexity index is 484. The first-order valence-corrected chi connectivity index (χ1v) is 7.58. The molecule has 1 saturated carbocycles. The zero-order chi connectivity index (χ0) is 15.1. The fourth-order valence-corrected chi connectivity index (χ4v) is 2.57. The first kappa shape index (κ1) is 15.8. The maximum Gasteiger partial charge on any atom is 0.306 e. The lowest BCUT2D eigenvalue weighted by Crippen LogP contribution is -2.22. The predicted molar refractivity (Wildman–Crippen MR) is 80.0 cm³/mol. The molecule has 1 aromatic rings. The second kappa shape index (κ2) is 7.98. The third-order valence-electron chi connectivity index (χ3n) is 3.54. The van der Waals surface area contributed by atoms with Crippen LogP contribution in [0.4, 0.5) is 5.82 Å². The summed E-state index contributed by atoms with van der Waals surface area (Å²) in [6.07, 6.45) is 7.62. The van der Waals surface area contributed by atoms with E-state index in [4.69, 9.17) is 16.3 Å².